The Bertz CT molecular complexity index is 898. The zero-order chi connectivity index (χ0) is 19.7. The molecule has 0 radical (unpaired) electrons. The van der Waals surface area contributed by atoms with Gasteiger partial charge in [-0.25, -0.2) is 0 Å². The fraction of sp³-hybridized carbons (Fsp3) is 0.476. The molecule has 4 heterocycles. The van der Waals surface area contributed by atoms with Gasteiger partial charge in [-0.1, -0.05) is 19.1 Å². The predicted octanol–water partition coefficient (Wildman–Crippen LogP) is 0.933. The molecule has 2 aliphatic heterocycles. The highest BCUT2D eigenvalue weighted by Crippen LogP contribution is 2.49. The molecule has 0 unspecified atom stereocenters. The maximum absolute atomic E-state index is 13.0. The average Bonchev–Trinajstić information content (AvgIpc) is 3.23. The maximum atomic E-state index is 13.0. The highest BCUT2D eigenvalue weighted by Gasteiger charge is 2.55. The molecule has 0 aromatic carbocycles. The van der Waals surface area contributed by atoms with Crippen LogP contribution in [0.1, 0.15) is 30.8 Å². The van der Waals surface area contributed by atoms with Crippen LogP contribution in [0.4, 0.5) is 0 Å². The molecule has 2 aromatic rings. The molecule has 0 saturated carbocycles. The number of aliphatic hydroxyl groups excluding tert-OH is 1. The Labute approximate surface area is 164 Å². The van der Waals surface area contributed by atoms with E-state index in [2.05, 4.69) is 15.2 Å². The Morgan fingerprint density at radius 3 is 2.86 bits per heavy atom. The van der Waals surface area contributed by atoms with Crippen LogP contribution in [0, 0.1) is 11.8 Å². The SMILES string of the molecule is CCCNC(=O)[C@@H]1[C@@H](CO)[C@@H]2Cn3c(cccc3=O)[C@@H]2N1Cc1ccccn1. The van der Waals surface area contributed by atoms with Gasteiger partial charge in [-0.2, -0.15) is 0 Å². The molecule has 1 saturated heterocycles. The van der Waals surface area contributed by atoms with Crippen LogP contribution in [0.5, 0.6) is 0 Å². The van der Waals surface area contributed by atoms with Gasteiger partial charge >= 0.3 is 0 Å². The molecule has 2 N–H and O–H groups in total. The average molecular weight is 382 g/mol. The quantitative estimate of drug-likeness (QED) is 0.776. The van der Waals surface area contributed by atoms with Gasteiger partial charge in [-0.3, -0.25) is 19.5 Å². The van der Waals surface area contributed by atoms with E-state index in [1.165, 1.54) is 0 Å². The fourth-order valence-corrected chi connectivity index (χ4v) is 4.77. The van der Waals surface area contributed by atoms with Gasteiger partial charge in [0.2, 0.25) is 5.91 Å². The first-order valence-electron chi connectivity index (χ1n) is 9.89. The van der Waals surface area contributed by atoms with Crippen molar-refractivity contribution in [2.75, 3.05) is 13.2 Å². The highest BCUT2D eigenvalue weighted by molar-refractivity contribution is 5.82. The van der Waals surface area contributed by atoms with E-state index in [1.54, 1.807) is 22.9 Å². The van der Waals surface area contributed by atoms with E-state index in [0.717, 1.165) is 17.8 Å². The van der Waals surface area contributed by atoms with Crippen LogP contribution in [-0.4, -0.2) is 44.7 Å². The van der Waals surface area contributed by atoms with E-state index in [0.29, 0.717) is 19.6 Å². The van der Waals surface area contributed by atoms with E-state index in [9.17, 15) is 14.7 Å². The van der Waals surface area contributed by atoms with Crippen LogP contribution in [0.3, 0.4) is 0 Å². The van der Waals surface area contributed by atoms with Gasteiger partial charge in [0, 0.05) is 56.0 Å². The standard InChI is InChI=1S/C21H26N4O3/c1-2-9-23-21(28)20-16(13-26)15-12-24-17(7-5-8-18(24)27)19(15)25(20)11-14-6-3-4-10-22-14/h3-8,10,15-16,19-20,26H,2,9,11-13H2,1H3,(H,23,28)/t15-,16-,19+,20-/m0/s1. The fourth-order valence-electron chi connectivity index (χ4n) is 4.77. The maximum Gasteiger partial charge on any atom is 0.250 e. The molecule has 4 atom stereocenters. The van der Waals surface area contributed by atoms with E-state index in [4.69, 9.17) is 0 Å². The summed E-state index contributed by atoms with van der Waals surface area (Å²) in [5.74, 6) is -0.276. The molecule has 2 aromatic heterocycles. The summed E-state index contributed by atoms with van der Waals surface area (Å²) in [6, 6.07) is 10.5. The minimum atomic E-state index is -0.447. The topological polar surface area (TPSA) is 87.5 Å². The molecule has 4 rings (SSSR count). The molecule has 148 valence electrons. The number of fused-ring (bicyclic) bond motifs is 3. The molecule has 2 aliphatic rings. The summed E-state index contributed by atoms with van der Waals surface area (Å²) in [6.45, 7) is 3.55. The number of carbonyl (C=O) groups excluding carboxylic acids is 1. The Morgan fingerprint density at radius 1 is 1.29 bits per heavy atom. The van der Waals surface area contributed by atoms with Crippen molar-refractivity contribution in [1.82, 2.24) is 19.8 Å². The number of pyridine rings is 2. The molecular weight excluding hydrogens is 356 g/mol. The van der Waals surface area contributed by atoms with Gasteiger partial charge in [0.05, 0.1) is 17.8 Å². The van der Waals surface area contributed by atoms with Crippen molar-refractivity contribution < 1.29 is 9.90 Å². The van der Waals surface area contributed by atoms with Crippen molar-refractivity contribution in [1.29, 1.82) is 0 Å². The smallest absolute Gasteiger partial charge is 0.250 e. The van der Waals surface area contributed by atoms with Crippen molar-refractivity contribution in [3.63, 3.8) is 0 Å². The summed E-state index contributed by atoms with van der Waals surface area (Å²) in [4.78, 5) is 31.9. The van der Waals surface area contributed by atoms with Crippen LogP contribution in [-0.2, 0) is 17.9 Å². The lowest BCUT2D eigenvalue weighted by Crippen LogP contribution is -2.48. The third-order valence-corrected chi connectivity index (χ3v) is 5.95. The molecule has 1 amide bonds. The summed E-state index contributed by atoms with van der Waals surface area (Å²) in [6.07, 6.45) is 2.60. The van der Waals surface area contributed by atoms with Gasteiger partial charge in [0.15, 0.2) is 0 Å². The van der Waals surface area contributed by atoms with Gasteiger partial charge in [0.25, 0.3) is 5.56 Å². The minimum Gasteiger partial charge on any atom is -0.396 e. The van der Waals surface area contributed by atoms with Crippen molar-refractivity contribution >= 4 is 5.91 Å². The molecular formula is C21H26N4O3. The number of hydrogen-bond donors (Lipinski definition) is 2. The zero-order valence-electron chi connectivity index (χ0n) is 16.0. The number of hydrogen-bond acceptors (Lipinski definition) is 5. The molecule has 1 fully saturated rings. The molecule has 0 aliphatic carbocycles. The number of nitrogens with one attached hydrogen (secondary N) is 1. The molecule has 7 nitrogen and oxygen atoms in total. The van der Waals surface area contributed by atoms with E-state index >= 15 is 0 Å². The first kappa shape index (κ1) is 18.8. The first-order chi connectivity index (χ1) is 13.7. The number of aromatic nitrogens is 2. The number of likely N-dealkylation sites (tertiary alicyclic amines) is 1. The summed E-state index contributed by atoms with van der Waals surface area (Å²) in [5.41, 5.74) is 1.75. The van der Waals surface area contributed by atoms with Crippen molar-refractivity contribution in [3.05, 3.63) is 64.3 Å². The highest BCUT2D eigenvalue weighted by atomic mass is 16.3. The third kappa shape index (κ3) is 3.14. The number of rotatable bonds is 6. The van der Waals surface area contributed by atoms with E-state index in [-0.39, 0.29) is 36.0 Å². The molecule has 0 spiro atoms. The lowest BCUT2D eigenvalue weighted by atomic mass is 9.88. The number of aliphatic hydroxyl groups is 1. The third-order valence-electron chi connectivity index (χ3n) is 5.95. The Morgan fingerprint density at radius 2 is 2.14 bits per heavy atom. The largest absolute Gasteiger partial charge is 0.396 e. The number of amides is 1. The summed E-state index contributed by atoms with van der Waals surface area (Å²) >= 11 is 0. The second kappa shape index (κ2) is 7.85. The normalized spacial score (nSPS) is 26.1. The second-order valence-electron chi connectivity index (χ2n) is 7.58. The lowest BCUT2D eigenvalue weighted by Gasteiger charge is -2.30. The van der Waals surface area contributed by atoms with Crippen molar-refractivity contribution in [2.45, 2.75) is 38.5 Å². The minimum absolute atomic E-state index is 0.0150. The number of nitrogens with zero attached hydrogens (tertiary/aromatic N) is 3. The van der Waals surface area contributed by atoms with Crippen LogP contribution in [0.25, 0.3) is 0 Å². The van der Waals surface area contributed by atoms with E-state index in [1.807, 2.05) is 31.2 Å². The Balaban J connectivity index is 1.75. The molecule has 7 heteroatoms. The monoisotopic (exact) mass is 382 g/mol. The lowest BCUT2D eigenvalue weighted by molar-refractivity contribution is -0.128. The van der Waals surface area contributed by atoms with Gasteiger partial charge < -0.3 is 15.0 Å². The Hall–Kier alpha value is -2.51. The second-order valence-corrected chi connectivity index (χ2v) is 7.58. The summed E-state index contributed by atoms with van der Waals surface area (Å²) < 4.78 is 1.78. The zero-order valence-corrected chi connectivity index (χ0v) is 16.0. The molecule has 0 bridgehead atoms. The Kier molecular flexibility index (Phi) is 5.28. The van der Waals surface area contributed by atoms with Crippen LogP contribution in [0.15, 0.2) is 47.4 Å². The van der Waals surface area contributed by atoms with Gasteiger partial charge in [-0.05, 0) is 24.6 Å². The van der Waals surface area contributed by atoms with E-state index < -0.39 is 6.04 Å². The van der Waals surface area contributed by atoms with Crippen LogP contribution in [0.2, 0.25) is 0 Å². The first-order valence-corrected chi connectivity index (χ1v) is 9.89. The number of carbonyl (C=O) groups is 1. The van der Waals surface area contributed by atoms with Crippen molar-refractivity contribution in [2.24, 2.45) is 11.8 Å². The van der Waals surface area contributed by atoms with Gasteiger partial charge in [0.1, 0.15) is 0 Å². The van der Waals surface area contributed by atoms with Crippen LogP contribution >= 0.6 is 0 Å². The summed E-state index contributed by atoms with van der Waals surface area (Å²) in [5, 5.41) is 13.2. The summed E-state index contributed by atoms with van der Waals surface area (Å²) in [7, 11) is 0. The predicted molar refractivity (Wildman–Crippen MR) is 104 cm³/mol. The van der Waals surface area contributed by atoms with Crippen molar-refractivity contribution in [3.8, 4) is 0 Å². The van der Waals surface area contributed by atoms with Crippen LogP contribution < -0.4 is 10.9 Å². The molecule has 28 heavy (non-hydrogen) atoms. The van der Waals surface area contributed by atoms with Gasteiger partial charge in [-0.15, -0.1) is 0 Å².